The van der Waals surface area contributed by atoms with Crippen LogP contribution in [-0.4, -0.2) is 53.8 Å². The summed E-state index contributed by atoms with van der Waals surface area (Å²) in [5.41, 5.74) is 1.40. The maximum atomic E-state index is 12.8. The van der Waals surface area contributed by atoms with Gasteiger partial charge in [-0.05, 0) is 50.3 Å². The quantitative estimate of drug-likeness (QED) is 0.923. The number of nitrogens with zero attached hydrogens (tertiary/aromatic N) is 2. The first kappa shape index (κ1) is 15.6. The van der Waals surface area contributed by atoms with Gasteiger partial charge in [0, 0.05) is 49.4 Å². The van der Waals surface area contributed by atoms with E-state index in [2.05, 4.69) is 10.2 Å². The molecule has 1 aromatic rings. The van der Waals surface area contributed by atoms with Crippen LogP contribution in [0.4, 0.5) is 5.69 Å². The van der Waals surface area contributed by atoms with Crippen molar-refractivity contribution in [2.24, 2.45) is 5.92 Å². The Morgan fingerprint density at radius 3 is 2.58 bits per heavy atom. The molecule has 0 atom stereocenters. The summed E-state index contributed by atoms with van der Waals surface area (Å²) in [5, 5.41) is 2.93. The summed E-state index contributed by atoms with van der Waals surface area (Å²) in [6, 6.07) is 8.13. The van der Waals surface area contributed by atoms with Crippen LogP contribution in [-0.2, 0) is 4.79 Å². The van der Waals surface area contributed by atoms with Gasteiger partial charge in [-0.1, -0.05) is 6.07 Å². The lowest BCUT2D eigenvalue weighted by Crippen LogP contribution is -2.35. The summed E-state index contributed by atoms with van der Waals surface area (Å²) in [6.45, 7) is 3.70. The Morgan fingerprint density at radius 2 is 1.83 bits per heavy atom. The first-order valence-electron chi connectivity index (χ1n) is 9.15. The van der Waals surface area contributed by atoms with Crippen LogP contribution < -0.4 is 5.32 Å². The third-order valence-corrected chi connectivity index (χ3v) is 5.21. The van der Waals surface area contributed by atoms with Crippen molar-refractivity contribution in [1.82, 2.24) is 9.80 Å². The molecule has 0 radical (unpaired) electrons. The fourth-order valence-corrected chi connectivity index (χ4v) is 3.45. The first-order chi connectivity index (χ1) is 11.7. The van der Waals surface area contributed by atoms with Gasteiger partial charge in [0.2, 0.25) is 5.91 Å². The van der Waals surface area contributed by atoms with Crippen molar-refractivity contribution in [2.45, 2.75) is 38.1 Å². The molecular weight excluding hydrogens is 302 g/mol. The molecule has 4 rings (SSSR count). The Balaban J connectivity index is 1.40. The second-order valence-corrected chi connectivity index (χ2v) is 7.26. The molecule has 1 N–H and O–H groups in total. The highest BCUT2D eigenvalue weighted by atomic mass is 16.2. The van der Waals surface area contributed by atoms with Crippen LogP contribution in [0, 0.1) is 5.92 Å². The third-order valence-electron chi connectivity index (χ3n) is 5.21. The Morgan fingerprint density at radius 1 is 1.00 bits per heavy atom. The number of rotatable bonds is 4. The zero-order chi connectivity index (χ0) is 16.5. The second kappa shape index (κ2) is 6.55. The molecule has 5 heteroatoms. The van der Waals surface area contributed by atoms with E-state index >= 15 is 0 Å². The lowest BCUT2D eigenvalue weighted by molar-refractivity contribution is -0.117. The van der Waals surface area contributed by atoms with E-state index in [1.165, 1.54) is 12.8 Å². The topological polar surface area (TPSA) is 52.7 Å². The van der Waals surface area contributed by atoms with Gasteiger partial charge < -0.3 is 10.2 Å². The molecular formula is C19H25N3O2. The molecule has 2 aliphatic carbocycles. The van der Waals surface area contributed by atoms with Gasteiger partial charge >= 0.3 is 0 Å². The van der Waals surface area contributed by atoms with Gasteiger partial charge in [0.15, 0.2) is 0 Å². The van der Waals surface area contributed by atoms with E-state index in [-0.39, 0.29) is 17.7 Å². The number of hydrogen-bond donors (Lipinski definition) is 1. The van der Waals surface area contributed by atoms with Crippen molar-refractivity contribution in [3.63, 3.8) is 0 Å². The first-order valence-corrected chi connectivity index (χ1v) is 9.15. The number of anilines is 1. The van der Waals surface area contributed by atoms with E-state index in [4.69, 9.17) is 0 Å². The Bertz CT molecular complexity index is 637. The fourth-order valence-electron chi connectivity index (χ4n) is 3.45. The molecule has 1 aliphatic heterocycles. The molecule has 1 aromatic carbocycles. The van der Waals surface area contributed by atoms with Crippen molar-refractivity contribution in [3.05, 3.63) is 29.8 Å². The summed E-state index contributed by atoms with van der Waals surface area (Å²) in [5.74, 6) is 0.327. The number of amides is 2. The van der Waals surface area contributed by atoms with E-state index in [1.54, 1.807) is 0 Å². The summed E-state index contributed by atoms with van der Waals surface area (Å²) < 4.78 is 0. The summed E-state index contributed by atoms with van der Waals surface area (Å²) in [7, 11) is 0. The van der Waals surface area contributed by atoms with Gasteiger partial charge in [0.05, 0.1) is 0 Å². The minimum atomic E-state index is 0.0782. The molecule has 0 unspecified atom stereocenters. The normalized spacial score (nSPS) is 22.1. The number of carbonyl (C=O) groups excluding carboxylic acids is 2. The highest BCUT2D eigenvalue weighted by molar-refractivity contribution is 5.98. The smallest absolute Gasteiger partial charge is 0.253 e. The predicted octanol–water partition coefficient (Wildman–Crippen LogP) is 2.35. The maximum Gasteiger partial charge on any atom is 0.253 e. The van der Waals surface area contributed by atoms with Crippen molar-refractivity contribution < 1.29 is 9.59 Å². The molecule has 0 aromatic heterocycles. The van der Waals surface area contributed by atoms with Gasteiger partial charge in [-0.3, -0.25) is 14.5 Å². The average molecular weight is 327 g/mol. The predicted molar refractivity (Wildman–Crippen MR) is 92.9 cm³/mol. The van der Waals surface area contributed by atoms with Gasteiger partial charge in [0.25, 0.3) is 5.91 Å². The van der Waals surface area contributed by atoms with Crippen LogP contribution in [0.1, 0.15) is 42.5 Å². The molecule has 24 heavy (non-hydrogen) atoms. The van der Waals surface area contributed by atoms with Crippen LogP contribution in [0.25, 0.3) is 0 Å². The summed E-state index contributed by atoms with van der Waals surface area (Å²) in [6.07, 6.45) is 5.64. The molecule has 0 bridgehead atoms. The van der Waals surface area contributed by atoms with Crippen molar-refractivity contribution in [3.8, 4) is 0 Å². The fraction of sp³-hybridized carbons (Fsp3) is 0.579. The number of carbonyl (C=O) groups is 2. The van der Waals surface area contributed by atoms with E-state index in [0.29, 0.717) is 5.56 Å². The van der Waals surface area contributed by atoms with Crippen molar-refractivity contribution in [1.29, 1.82) is 0 Å². The van der Waals surface area contributed by atoms with Gasteiger partial charge in [-0.25, -0.2) is 0 Å². The zero-order valence-electron chi connectivity index (χ0n) is 14.0. The average Bonchev–Trinajstić information content (AvgIpc) is 3.46. The number of benzene rings is 1. The maximum absolute atomic E-state index is 12.8. The number of hydrogen-bond acceptors (Lipinski definition) is 3. The Hall–Kier alpha value is -1.88. The van der Waals surface area contributed by atoms with Crippen molar-refractivity contribution in [2.75, 3.05) is 31.5 Å². The Kier molecular flexibility index (Phi) is 4.27. The highest BCUT2D eigenvalue weighted by Gasteiger charge is 2.31. The molecule has 1 saturated heterocycles. The Labute approximate surface area is 143 Å². The molecule has 1 heterocycles. The molecule has 2 amide bonds. The standard InChI is InChI=1S/C19H25N3O2/c23-18(14-5-6-14)20-16-4-1-3-15(13-16)19(24)22-10-2-9-21(11-12-22)17-7-8-17/h1,3-4,13-14,17H,2,5-12H2,(H,20,23). The SMILES string of the molecule is O=C(Nc1cccc(C(=O)N2CCCN(C3CC3)CC2)c1)C1CC1. The minimum absolute atomic E-state index is 0.0782. The van der Waals surface area contributed by atoms with Crippen LogP contribution in [0.5, 0.6) is 0 Å². The largest absolute Gasteiger partial charge is 0.337 e. The van der Waals surface area contributed by atoms with E-state index in [0.717, 1.165) is 57.2 Å². The van der Waals surface area contributed by atoms with Gasteiger partial charge in [-0.2, -0.15) is 0 Å². The second-order valence-electron chi connectivity index (χ2n) is 7.26. The summed E-state index contributed by atoms with van der Waals surface area (Å²) >= 11 is 0. The molecule has 5 nitrogen and oxygen atoms in total. The van der Waals surface area contributed by atoms with E-state index < -0.39 is 0 Å². The van der Waals surface area contributed by atoms with Gasteiger partial charge in [0.1, 0.15) is 0 Å². The molecule has 128 valence electrons. The van der Waals surface area contributed by atoms with E-state index in [1.807, 2.05) is 29.2 Å². The van der Waals surface area contributed by atoms with Crippen LogP contribution in [0.3, 0.4) is 0 Å². The van der Waals surface area contributed by atoms with E-state index in [9.17, 15) is 9.59 Å². The zero-order valence-corrected chi connectivity index (χ0v) is 14.0. The number of nitrogens with one attached hydrogen (secondary N) is 1. The molecule has 0 spiro atoms. The third kappa shape index (κ3) is 3.61. The van der Waals surface area contributed by atoms with Crippen LogP contribution in [0.15, 0.2) is 24.3 Å². The van der Waals surface area contributed by atoms with Crippen LogP contribution >= 0.6 is 0 Å². The highest BCUT2D eigenvalue weighted by Crippen LogP contribution is 2.30. The molecule has 3 aliphatic rings. The van der Waals surface area contributed by atoms with Crippen LogP contribution in [0.2, 0.25) is 0 Å². The summed E-state index contributed by atoms with van der Waals surface area (Å²) in [4.78, 5) is 29.2. The lowest BCUT2D eigenvalue weighted by Gasteiger charge is -2.22. The minimum Gasteiger partial charge on any atom is -0.337 e. The monoisotopic (exact) mass is 327 g/mol. The van der Waals surface area contributed by atoms with Crippen molar-refractivity contribution >= 4 is 17.5 Å². The lowest BCUT2D eigenvalue weighted by atomic mass is 10.1. The van der Waals surface area contributed by atoms with Gasteiger partial charge in [-0.15, -0.1) is 0 Å². The molecule has 2 saturated carbocycles. The molecule has 3 fully saturated rings.